The van der Waals surface area contributed by atoms with E-state index in [0.29, 0.717) is 11.4 Å². The standard InChI is InChI=1S/C15H14ClN5O3/c16-9-6-10-11(24-7-13(22)17-10)5-8(9)14(23)19-15-18-12-3-1-2-4-21(12)20-15/h5-6H,1-4,7H2,(H,17,22)(H,19,20,23). The summed E-state index contributed by atoms with van der Waals surface area (Å²) in [6.07, 6.45) is 2.99. The molecule has 0 saturated carbocycles. The summed E-state index contributed by atoms with van der Waals surface area (Å²) in [5, 5.41) is 9.80. The van der Waals surface area contributed by atoms with Crippen molar-refractivity contribution in [2.24, 2.45) is 0 Å². The first-order valence-electron chi connectivity index (χ1n) is 7.61. The highest BCUT2D eigenvalue weighted by Gasteiger charge is 2.22. The molecular weight excluding hydrogens is 334 g/mol. The van der Waals surface area contributed by atoms with Crippen molar-refractivity contribution in [2.75, 3.05) is 17.2 Å². The summed E-state index contributed by atoms with van der Waals surface area (Å²) < 4.78 is 7.12. The molecule has 124 valence electrons. The predicted molar refractivity (Wildman–Crippen MR) is 86.5 cm³/mol. The van der Waals surface area contributed by atoms with E-state index in [9.17, 15) is 9.59 Å². The maximum absolute atomic E-state index is 12.5. The van der Waals surface area contributed by atoms with E-state index in [1.807, 2.05) is 4.68 Å². The van der Waals surface area contributed by atoms with Crippen LogP contribution in [-0.2, 0) is 17.8 Å². The SMILES string of the molecule is O=C1COc2cc(C(=O)Nc3nc4n(n3)CCCC4)c(Cl)cc2N1. The number of amides is 2. The van der Waals surface area contributed by atoms with Crippen molar-refractivity contribution in [1.82, 2.24) is 14.8 Å². The van der Waals surface area contributed by atoms with Crippen LogP contribution in [0.1, 0.15) is 29.0 Å². The van der Waals surface area contributed by atoms with Gasteiger partial charge in [-0.05, 0) is 25.0 Å². The highest BCUT2D eigenvalue weighted by Crippen LogP contribution is 2.33. The van der Waals surface area contributed by atoms with Gasteiger partial charge in [0.2, 0.25) is 5.95 Å². The fourth-order valence-corrected chi connectivity index (χ4v) is 3.03. The molecule has 1 aromatic carbocycles. The first-order chi connectivity index (χ1) is 11.6. The van der Waals surface area contributed by atoms with Crippen LogP contribution in [0, 0.1) is 0 Å². The quantitative estimate of drug-likeness (QED) is 0.864. The van der Waals surface area contributed by atoms with E-state index in [4.69, 9.17) is 16.3 Å². The van der Waals surface area contributed by atoms with Gasteiger partial charge in [-0.2, -0.15) is 4.98 Å². The number of fused-ring (bicyclic) bond motifs is 2. The number of hydrogen-bond donors (Lipinski definition) is 2. The van der Waals surface area contributed by atoms with Crippen LogP contribution in [0.4, 0.5) is 11.6 Å². The van der Waals surface area contributed by atoms with E-state index in [-0.39, 0.29) is 29.0 Å². The van der Waals surface area contributed by atoms with Crippen LogP contribution in [0.3, 0.4) is 0 Å². The molecule has 2 aliphatic rings. The largest absolute Gasteiger partial charge is 0.482 e. The van der Waals surface area contributed by atoms with Gasteiger partial charge in [0.15, 0.2) is 6.61 Å². The molecule has 1 aromatic heterocycles. The average Bonchev–Trinajstić information content (AvgIpc) is 2.96. The van der Waals surface area contributed by atoms with Gasteiger partial charge < -0.3 is 10.1 Å². The lowest BCUT2D eigenvalue weighted by Gasteiger charge is -2.19. The Balaban J connectivity index is 1.58. The molecule has 2 N–H and O–H groups in total. The first-order valence-corrected chi connectivity index (χ1v) is 7.99. The zero-order valence-corrected chi connectivity index (χ0v) is 13.4. The molecule has 4 rings (SSSR count). The summed E-state index contributed by atoms with van der Waals surface area (Å²) in [5.74, 6) is 0.857. The lowest BCUT2D eigenvalue weighted by molar-refractivity contribution is -0.118. The van der Waals surface area contributed by atoms with Crippen LogP contribution < -0.4 is 15.4 Å². The number of anilines is 2. The van der Waals surface area contributed by atoms with E-state index >= 15 is 0 Å². The minimum absolute atomic E-state index is 0.0922. The topological polar surface area (TPSA) is 98.1 Å². The fraction of sp³-hybridized carbons (Fsp3) is 0.333. The number of halogens is 1. The van der Waals surface area contributed by atoms with Gasteiger partial charge in [-0.3, -0.25) is 14.9 Å². The van der Waals surface area contributed by atoms with Crippen molar-refractivity contribution < 1.29 is 14.3 Å². The van der Waals surface area contributed by atoms with Crippen molar-refractivity contribution in [1.29, 1.82) is 0 Å². The minimum atomic E-state index is -0.425. The molecule has 2 aliphatic heterocycles. The Morgan fingerprint density at radius 1 is 1.38 bits per heavy atom. The van der Waals surface area contributed by atoms with E-state index in [1.165, 1.54) is 12.1 Å². The van der Waals surface area contributed by atoms with Crippen LogP contribution in [0.2, 0.25) is 5.02 Å². The molecule has 0 bridgehead atoms. The highest BCUT2D eigenvalue weighted by atomic mass is 35.5. The van der Waals surface area contributed by atoms with Gasteiger partial charge in [0.25, 0.3) is 11.8 Å². The Morgan fingerprint density at radius 3 is 3.08 bits per heavy atom. The van der Waals surface area contributed by atoms with Gasteiger partial charge in [-0.25, -0.2) is 4.68 Å². The highest BCUT2D eigenvalue weighted by molar-refractivity contribution is 6.35. The van der Waals surface area contributed by atoms with Crippen LogP contribution in [-0.4, -0.2) is 33.2 Å². The lowest BCUT2D eigenvalue weighted by Crippen LogP contribution is -2.26. The number of aryl methyl sites for hydroxylation is 2. The molecule has 0 saturated heterocycles. The molecule has 2 amide bonds. The summed E-state index contributed by atoms with van der Waals surface area (Å²) in [5.41, 5.74) is 0.683. The zero-order chi connectivity index (χ0) is 16.7. The molecular formula is C15H14ClN5O3. The summed E-state index contributed by atoms with van der Waals surface area (Å²) in [7, 11) is 0. The molecule has 0 radical (unpaired) electrons. The van der Waals surface area contributed by atoms with Gasteiger partial charge in [0, 0.05) is 13.0 Å². The van der Waals surface area contributed by atoms with Gasteiger partial charge >= 0.3 is 0 Å². The third-order valence-corrected chi connectivity index (χ3v) is 4.25. The Kier molecular flexibility index (Phi) is 3.61. The van der Waals surface area contributed by atoms with Crippen molar-refractivity contribution in [3.05, 3.63) is 28.5 Å². The molecule has 0 unspecified atom stereocenters. The number of carbonyl (C=O) groups is 2. The third-order valence-electron chi connectivity index (χ3n) is 3.94. The number of nitrogens with zero attached hydrogens (tertiary/aromatic N) is 3. The summed E-state index contributed by atoms with van der Waals surface area (Å²) in [6, 6.07) is 3.00. The normalized spacial score (nSPS) is 15.8. The van der Waals surface area contributed by atoms with Crippen LogP contribution in [0.25, 0.3) is 0 Å². The zero-order valence-electron chi connectivity index (χ0n) is 12.6. The molecule has 0 atom stereocenters. The molecule has 0 fully saturated rings. The fourth-order valence-electron chi connectivity index (χ4n) is 2.78. The predicted octanol–water partition coefficient (Wildman–Crippen LogP) is 1.85. The molecule has 0 aliphatic carbocycles. The van der Waals surface area contributed by atoms with E-state index in [1.54, 1.807) is 0 Å². The molecule has 24 heavy (non-hydrogen) atoms. The Labute approximate surface area is 142 Å². The van der Waals surface area contributed by atoms with Gasteiger partial charge in [-0.15, -0.1) is 5.10 Å². The molecule has 9 heteroatoms. The van der Waals surface area contributed by atoms with E-state index < -0.39 is 5.91 Å². The molecule has 8 nitrogen and oxygen atoms in total. The minimum Gasteiger partial charge on any atom is -0.482 e. The number of rotatable bonds is 2. The average molecular weight is 348 g/mol. The van der Waals surface area contributed by atoms with Crippen LogP contribution >= 0.6 is 11.6 Å². The molecule has 3 heterocycles. The summed E-state index contributed by atoms with van der Waals surface area (Å²) >= 11 is 6.16. The number of carbonyl (C=O) groups excluding carboxylic acids is 2. The monoisotopic (exact) mass is 347 g/mol. The van der Waals surface area contributed by atoms with Crippen molar-refractivity contribution in [2.45, 2.75) is 25.8 Å². The Hall–Kier alpha value is -2.61. The Morgan fingerprint density at radius 2 is 2.25 bits per heavy atom. The summed E-state index contributed by atoms with van der Waals surface area (Å²) in [6.45, 7) is 0.719. The van der Waals surface area contributed by atoms with Crippen molar-refractivity contribution in [3.8, 4) is 5.75 Å². The third kappa shape index (κ3) is 2.69. The molecule has 0 spiro atoms. The van der Waals surface area contributed by atoms with E-state index in [0.717, 1.165) is 31.6 Å². The summed E-state index contributed by atoms with van der Waals surface area (Å²) in [4.78, 5) is 28.1. The number of benzene rings is 1. The van der Waals surface area contributed by atoms with Crippen molar-refractivity contribution in [3.63, 3.8) is 0 Å². The number of aromatic nitrogens is 3. The second-order valence-corrected chi connectivity index (χ2v) is 6.06. The Bertz CT molecular complexity index is 824. The maximum Gasteiger partial charge on any atom is 0.262 e. The second-order valence-electron chi connectivity index (χ2n) is 5.65. The van der Waals surface area contributed by atoms with Crippen LogP contribution in [0.5, 0.6) is 5.75 Å². The first kappa shape index (κ1) is 14.9. The van der Waals surface area contributed by atoms with Gasteiger partial charge in [0.05, 0.1) is 16.3 Å². The number of nitrogens with one attached hydrogen (secondary N) is 2. The number of hydrogen-bond acceptors (Lipinski definition) is 5. The van der Waals surface area contributed by atoms with Gasteiger partial charge in [-0.1, -0.05) is 11.6 Å². The van der Waals surface area contributed by atoms with Crippen LogP contribution in [0.15, 0.2) is 12.1 Å². The lowest BCUT2D eigenvalue weighted by atomic mass is 10.1. The van der Waals surface area contributed by atoms with E-state index in [2.05, 4.69) is 20.7 Å². The number of ether oxygens (including phenoxy) is 1. The smallest absolute Gasteiger partial charge is 0.262 e. The molecule has 2 aromatic rings. The van der Waals surface area contributed by atoms with Gasteiger partial charge in [0.1, 0.15) is 11.6 Å². The maximum atomic E-state index is 12.5. The second kappa shape index (κ2) is 5.79. The van der Waals surface area contributed by atoms with Crippen molar-refractivity contribution >= 4 is 35.1 Å².